The lowest BCUT2D eigenvalue weighted by Crippen LogP contribution is -2.18. The van der Waals surface area contributed by atoms with Crippen molar-refractivity contribution in [2.45, 2.75) is 19.4 Å². The average molecular weight is 263 g/mol. The van der Waals surface area contributed by atoms with Crippen LogP contribution in [0, 0.1) is 0 Å². The highest BCUT2D eigenvalue weighted by Gasteiger charge is 2.12. The van der Waals surface area contributed by atoms with E-state index in [0.29, 0.717) is 15.8 Å². The molecule has 0 aliphatic rings. The number of methoxy groups -OCH3 is 1. The number of esters is 1. The number of halogens is 2. The maximum atomic E-state index is 11.0. The summed E-state index contributed by atoms with van der Waals surface area (Å²) in [7, 11) is 1.34. The number of rotatable bonds is 4. The maximum Gasteiger partial charge on any atom is 0.309 e. The van der Waals surface area contributed by atoms with Crippen molar-refractivity contribution in [2.24, 2.45) is 0 Å². The molecule has 1 unspecified atom stereocenters. The molecular formula is C11H12Cl2O3. The van der Waals surface area contributed by atoms with E-state index in [-0.39, 0.29) is 18.5 Å². The summed E-state index contributed by atoms with van der Waals surface area (Å²) in [6.45, 7) is 1.77. The van der Waals surface area contributed by atoms with Crippen LogP contribution in [-0.4, -0.2) is 19.2 Å². The molecule has 3 nitrogen and oxygen atoms in total. The van der Waals surface area contributed by atoms with E-state index < -0.39 is 0 Å². The van der Waals surface area contributed by atoms with Gasteiger partial charge in [0.2, 0.25) is 0 Å². The summed E-state index contributed by atoms with van der Waals surface area (Å²) >= 11 is 11.7. The Balaban J connectivity index is 2.62. The first-order valence-electron chi connectivity index (χ1n) is 4.71. The number of hydrogen-bond acceptors (Lipinski definition) is 3. The van der Waals surface area contributed by atoms with Crippen molar-refractivity contribution >= 4 is 29.2 Å². The summed E-state index contributed by atoms with van der Waals surface area (Å²) in [5, 5.41) is 0.960. The van der Waals surface area contributed by atoms with Crippen molar-refractivity contribution in [1.29, 1.82) is 0 Å². The molecule has 0 amide bonds. The fraction of sp³-hybridized carbons (Fsp3) is 0.364. The monoisotopic (exact) mass is 262 g/mol. The lowest BCUT2D eigenvalue weighted by Gasteiger charge is -2.14. The van der Waals surface area contributed by atoms with E-state index in [1.165, 1.54) is 7.11 Å². The molecule has 0 saturated carbocycles. The van der Waals surface area contributed by atoms with Gasteiger partial charge in [-0.05, 0) is 25.1 Å². The molecule has 0 N–H and O–H groups in total. The van der Waals surface area contributed by atoms with Gasteiger partial charge < -0.3 is 9.47 Å². The second kappa shape index (κ2) is 5.97. The van der Waals surface area contributed by atoms with Crippen LogP contribution in [0.2, 0.25) is 10.0 Å². The molecule has 1 aromatic rings. The second-order valence-corrected chi connectivity index (χ2v) is 4.13. The van der Waals surface area contributed by atoms with E-state index in [9.17, 15) is 4.79 Å². The first-order chi connectivity index (χ1) is 7.52. The molecule has 0 aliphatic heterocycles. The minimum Gasteiger partial charge on any atom is -0.489 e. The average Bonchev–Trinajstić information content (AvgIpc) is 2.22. The van der Waals surface area contributed by atoms with Crippen LogP contribution in [0.25, 0.3) is 0 Å². The Morgan fingerprint density at radius 1 is 1.44 bits per heavy atom. The molecular weight excluding hydrogens is 251 g/mol. The summed E-state index contributed by atoms with van der Waals surface area (Å²) in [6, 6.07) is 4.93. The summed E-state index contributed by atoms with van der Waals surface area (Å²) < 4.78 is 10.0. The summed E-state index contributed by atoms with van der Waals surface area (Å²) in [5.74, 6) is 0.181. The summed E-state index contributed by atoms with van der Waals surface area (Å²) in [5.41, 5.74) is 0. The number of carbonyl (C=O) groups is 1. The molecule has 1 aromatic carbocycles. The minimum absolute atomic E-state index is 0.176. The highest BCUT2D eigenvalue weighted by molar-refractivity contribution is 6.35. The van der Waals surface area contributed by atoms with Gasteiger partial charge in [-0.2, -0.15) is 0 Å². The van der Waals surface area contributed by atoms with Crippen molar-refractivity contribution in [1.82, 2.24) is 0 Å². The van der Waals surface area contributed by atoms with E-state index in [1.54, 1.807) is 25.1 Å². The van der Waals surface area contributed by atoms with E-state index in [1.807, 2.05) is 0 Å². The molecule has 88 valence electrons. The quantitative estimate of drug-likeness (QED) is 0.781. The van der Waals surface area contributed by atoms with Gasteiger partial charge in [0, 0.05) is 5.02 Å². The third kappa shape index (κ3) is 3.91. The molecule has 0 spiro atoms. The molecule has 0 fully saturated rings. The van der Waals surface area contributed by atoms with Crippen LogP contribution in [0.1, 0.15) is 13.3 Å². The van der Waals surface area contributed by atoms with Gasteiger partial charge in [0.1, 0.15) is 11.9 Å². The Kier molecular flexibility index (Phi) is 4.90. The van der Waals surface area contributed by atoms with Crippen molar-refractivity contribution in [2.75, 3.05) is 7.11 Å². The molecule has 0 bridgehead atoms. The third-order valence-corrected chi connectivity index (χ3v) is 2.43. The molecule has 16 heavy (non-hydrogen) atoms. The highest BCUT2D eigenvalue weighted by Crippen LogP contribution is 2.28. The van der Waals surface area contributed by atoms with Crippen LogP contribution >= 0.6 is 23.2 Å². The van der Waals surface area contributed by atoms with Crippen LogP contribution in [0.15, 0.2) is 18.2 Å². The van der Waals surface area contributed by atoms with Gasteiger partial charge in [-0.15, -0.1) is 0 Å². The van der Waals surface area contributed by atoms with E-state index in [0.717, 1.165) is 0 Å². The minimum atomic E-state index is -0.322. The lowest BCUT2D eigenvalue weighted by molar-refractivity contribution is -0.142. The van der Waals surface area contributed by atoms with Crippen LogP contribution in [-0.2, 0) is 9.53 Å². The second-order valence-electron chi connectivity index (χ2n) is 3.28. The van der Waals surface area contributed by atoms with E-state index >= 15 is 0 Å². The zero-order chi connectivity index (χ0) is 12.1. The summed E-state index contributed by atoms with van der Waals surface area (Å²) in [6.07, 6.45) is -0.124. The Hall–Kier alpha value is -0.930. The number of hydrogen-bond donors (Lipinski definition) is 0. The number of ether oxygens (including phenoxy) is 2. The van der Waals surface area contributed by atoms with E-state index in [4.69, 9.17) is 27.9 Å². The molecule has 0 heterocycles. The van der Waals surface area contributed by atoms with Crippen molar-refractivity contribution in [3.63, 3.8) is 0 Å². The number of carbonyl (C=O) groups excluding carboxylic acids is 1. The van der Waals surface area contributed by atoms with Gasteiger partial charge in [-0.3, -0.25) is 4.79 Å². The van der Waals surface area contributed by atoms with Crippen molar-refractivity contribution in [3.05, 3.63) is 28.2 Å². The SMILES string of the molecule is COC(=O)CC(C)Oc1ccc(Cl)cc1Cl. The first kappa shape index (κ1) is 13.1. The lowest BCUT2D eigenvalue weighted by atomic mass is 10.3. The predicted molar refractivity (Wildman–Crippen MR) is 63.2 cm³/mol. The fourth-order valence-electron chi connectivity index (χ4n) is 1.15. The summed E-state index contributed by atoms with van der Waals surface area (Å²) in [4.78, 5) is 11.0. The molecule has 0 aliphatic carbocycles. The van der Waals surface area contributed by atoms with Crippen molar-refractivity contribution in [3.8, 4) is 5.75 Å². The van der Waals surface area contributed by atoms with Crippen LogP contribution in [0.3, 0.4) is 0 Å². The molecule has 5 heteroatoms. The van der Waals surface area contributed by atoms with Gasteiger partial charge in [-0.1, -0.05) is 23.2 Å². The largest absolute Gasteiger partial charge is 0.489 e. The molecule has 0 aromatic heterocycles. The smallest absolute Gasteiger partial charge is 0.309 e. The molecule has 0 radical (unpaired) electrons. The Morgan fingerprint density at radius 2 is 2.12 bits per heavy atom. The predicted octanol–water partition coefficient (Wildman–Crippen LogP) is 3.32. The van der Waals surface area contributed by atoms with Crippen LogP contribution < -0.4 is 4.74 Å². The third-order valence-electron chi connectivity index (χ3n) is 1.90. The first-order valence-corrected chi connectivity index (χ1v) is 5.47. The van der Waals surface area contributed by atoms with Gasteiger partial charge in [0.15, 0.2) is 0 Å². The molecule has 0 saturated heterocycles. The van der Waals surface area contributed by atoms with Gasteiger partial charge >= 0.3 is 5.97 Å². The van der Waals surface area contributed by atoms with E-state index in [2.05, 4.69) is 4.74 Å². The van der Waals surface area contributed by atoms with Gasteiger partial charge in [-0.25, -0.2) is 0 Å². The standard InChI is InChI=1S/C11H12Cl2O3/c1-7(5-11(14)15-2)16-10-4-3-8(12)6-9(10)13/h3-4,6-7H,5H2,1-2H3. The Morgan fingerprint density at radius 3 is 2.69 bits per heavy atom. The Bertz CT molecular complexity index is 379. The maximum absolute atomic E-state index is 11.0. The highest BCUT2D eigenvalue weighted by atomic mass is 35.5. The zero-order valence-corrected chi connectivity index (χ0v) is 10.5. The number of benzene rings is 1. The van der Waals surface area contributed by atoms with Gasteiger partial charge in [0.25, 0.3) is 0 Å². The zero-order valence-electron chi connectivity index (χ0n) is 9.00. The Labute approximate surface area is 104 Å². The van der Waals surface area contributed by atoms with Crippen LogP contribution in [0.4, 0.5) is 0 Å². The molecule has 1 rings (SSSR count). The normalized spacial score (nSPS) is 12.0. The topological polar surface area (TPSA) is 35.5 Å². The van der Waals surface area contributed by atoms with Crippen molar-refractivity contribution < 1.29 is 14.3 Å². The fourth-order valence-corrected chi connectivity index (χ4v) is 1.60. The van der Waals surface area contributed by atoms with Gasteiger partial charge in [0.05, 0.1) is 18.6 Å². The molecule has 1 atom stereocenters. The van der Waals surface area contributed by atoms with Crippen LogP contribution in [0.5, 0.6) is 5.75 Å².